The third-order valence-electron chi connectivity index (χ3n) is 2.13. The summed E-state index contributed by atoms with van der Waals surface area (Å²) in [6.07, 6.45) is 1.91. The number of aromatic nitrogens is 5. The smallest absolute Gasteiger partial charge is 0.214 e. The van der Waals surface area contributed by atoms with Crippen molar-refractivity contribution in [1.29, 1.82) is 0 Å². The van der Waals surface area contributed by atoms with Gasteiger partial charge in [-0.05, 0) is 24.2 Å². The van der Waals surface area contributed by atoms with Gasteiger partial charge in [0, 0.05) is 12.7 Å². The molecule has 0 aromatic carbocycles. The number of H-pyrrole nitrogens is 1. The van der Waals surface area contributed by atoms with E-state index in [2.05, 4.69) is 29.1 Å². The average molecular weight is 238 g/mol. The van der Waals surface area contributed by atoms with Crippen molar-refractivity contribution in [2.75, 3.05) is 5.84 Å². The molecule has 0 amide bonds. The van der Waals surface area contributed by atoms with Crippen LogP contribution in [-0.4, -0.2) is 24.7 Å². The molecular formula is C9H14N6S. The van der Waals surface area contributed by atoms with Crippen molar-refractivity contribution in [1.82, 2.24) is 24.7 Å². The lowest BCUT2D eigenvalue weighted by Gasteiger charge is -2.03. The fraction of sp³-hybridized carbons (Fsp3) is 0.444. The van der Waals surface area contributed by atoms with Gasteiger partial charge in [0.1, 0.15) is 5.69 Å². The van der Waals surface area contributed by atoms with E-state index >= 15 is 0 Å². The Morgan fingerprint density at radius 2 is 2.31 bits per heavy atom. The van der Waals surface area contributed by atoms with Crippen LogP contribution in [0.5, 0.6) is 0 Å². The van der Waals surface area contributed by atoms with Crippen molar-refractivity contribution in [2.24, 2.45) is 5.92 Å². The van der Waals surface area contributed by atoms with Gasteiger partial charge < -0.3 is 5.84 Å². The van der Waals surface area contributed by atoms with E-state index in [0.717, 1.165) is 12.2 Å². The van der Waals surface area contributed by atoms with Crippen molar-refractivity contribution >= 4 is 12.2 Å². The average Bonchev–Trinajstić information content (AvgIpc) is 2.75. The second-order valence-electron chi connectivity index (χ2n) is 4.04. The van der Waals surface area contributed by atoms with Crippen molar-refractivity contribution in [3.05, 3.63) is 17.0 Å². The Balaban J connectivity index is 2.31. The summed E-state index contributed by atoms with van der Waals surface area (Å²) >= 11 is 4.94. The maximum absolute atomic E-state index is 5.71. The molecule has 3 N–H and O–H groups in total. The molecule has 0 unspecified atom stereocenters. The number of rotatable bonds is 3. The van der Waals surface area contributed by atoms with E-state index in [-0.39, 0.29) is 0 Å². The molecule has 0 spiro atoms. The highest BCUT2D eigenvalue weighted by molar-refractivity contribution is 7.71. The lowest BCUT2D eigenvalue weighted by Crippen LogP contribution is -2.11. The fourth-order valence-electron chi connectivity index (χ4n) is 1.44. The zero-order chi connectivity index (χ0) is 11.7. The van der Waals surface area contributed by atoms with Gasteiger partial charge in [0.25, 0.3) is 0 Å². The van der Waals surface area contributed by atoms with E-state index in [0.29, 0.717) is 16.5 Å². The van der Waals surface area contributed by atoms with Crippen LogP contribution in [0.15, 0.2) is 12.3 Å². The topological polar surface area (TPSA) is 77.5 Å². The molecule has 0 saturated carbocycles. The first-order chi connectivity index (χ1) is 7.58. The summed E-state index contributed by atoms with van der Waals surface area (Å²) in [5.74, 6) is 6.81. The molecule has 2 aromatic rings. The molecule has 86 valence electrons. The predicted octanol–water partition coefficient (Wildman–Crippen LogP) is 1.17. The molecule has 2 rings (SSSR count). The largest absolute Gasteiger partial charge is 0.335 e. The summed E-state index contributed by atoms with van der Waals surface area (Å²) in [5.41, 5.74) is 0.718. The molecule has 0 fully saturated rings. The quantitative estimate of drug-likeness (QED) is 0.621. The Hall–Kier alpha value is -1.63. The maximum Gasteiger partial charge on any atom is 0.214 e. The van der Waals surface area contributed by atoms with Crippen LogP contribution in [-0.2, 0) is 6.54 Å². The van der Waals surface area contributed by atoms with Crippen LogP contribution in [0.25, 0.3) is 11.5 Å². The first kappa shape index (κ1) is 10.9. The predicted molar refractivity (Wildman–Crippen MR) is 63.6 cm³/mol. The number of aromatic amines is 1. The summed E-state index contributed by atoms with van der Waals surface area (Å²) in [6.45, 7) is 5.15. The van der Waals surface area contributed by atoms with Gasteiger partial charge in [-0.2, -0.15) is 10.2 Å². The van der Waals surface area contributed by atoms with E-state index in [4.69, 9.17) is 18.1 Å². The SMILES string of the molecule is CC(C)Cn1ccc(-c2n[nH]c(=S)n2N)n1. The summed E-state index contributed by atoms with van der Waals surface area (Å²) in [7, 11) is 0. The minimum absolute atomic E-state index is 0.383. The first-order valence-corrected chi connectivity index (χ1v) is 5.45. The molecule has 0 aliphatic rings. The molecule has 6 nitrogen and oxygen atoms in total. The van der Waals surface area contributed by atoms with E-state index < -0.39 is 0 Å². The molecule has 0 aliphatic heterocycles. The Bertz CT molecular complexity index is 534. The molecule has 0 atom stereocenters. The third-order valence-corrected chi connectivity index (χ3v) is 2.41. The van der Waals surface area contributed by atoms with Crippen LogP contribution in [0.1, 0.15) is 13.8 Å². The van der Waals surface area contributed by atoms with E-state index in [9.17, 15) is 0 Å². The van der Waals surface area contributed by atoms with Gasteiger partial charge in [0.15, 0.2) is 0 Å². The minimum atomic E-state index is 0.383. The second-order valence-corrected chi connectivity index (χ2v) is 4.43. The Labute approximate surface area is 98.1 Å². The van der Waals surface area contributed by atoms with Gasteiger partial charge >= 0.3 is 0 Å². The standard InChI is InChI=1S/C9H14N6S/c1-6(2)5-14-4-3-7(13-14)8-11-12-9(16)15(8)10/h3-4,6H,5,10H2,1-2H3,(H,12,16). The van der Waals surface area contributed by atoms with Gasteiger partial charge in [-0.3, -0.25) is 4.68 Å². The molecular weight excluding hydrogens is 224 g/mol. The summed E-state index contributed by atoms with van der Waals surface area (Å²) in [4.78, 5) is 0. The molecule has 2 aromatic heterocycles. The van der Waals surface area contributed by atoms with E-state index in [1.54, 1.807) is 0 Å². The van der Waals surface area contributed by atoms with Crippen LogP contribution in [0, 0.1) is 10.7 Å². The van der Waals surface area contributed by atoms with Crippen LogP contribution in [0.2, 0.25) is 0 Å². The highest BCUT2D eigenvalue weighted by atomic mass is 32.1. The summed E-state index contributed by atoms with van der Waals surface area (Å²) < 4.78 is 3.57. The number of hydrogen-bond acceptors (Lipinski definition) is 4. The normalized spacial score (nSPS) is 11.2. The maximum atomic E-state index is 5.71. The van der Waals surface area contributed by atoms with Crippen LogP contribution in [0.3, 0.4) is 0 Å². The molecule has 2 heterocycles. The molecule has 0 saturated heterocycles. The first-order valence-electron chi connectivity index (χ1n) is 5.04. The monoisotopic (exact) mass is 238 g/mol. The van der Waals surface area contributed by atoms with Crippen LogP contribution < -0.4 is 5.84 Å². The van der Waals surface area contributed by atoms with Gasteiger partial charge in [-0.25, -0.2) is 9.77 Å². The van der Waals surface area contributed by atoms with E-state index in [1.165, 1.54) is 4.68 Å². The van der Waals surface area contributed by atoms with Crippen molar-refractivity contribution in [2.45, 2.75) is 20.4 Å². The third kappa shape index (κ3) is 1.99. The molecule has 0 aliphatic carbocycles. The highest BCUT2D eigenvalue weighted by Gasteiger charge is 2.09. The number of nitrogens with one attached hydrogen (secondary N) is 1. The molecule has 0 bridgehead atoms. The number of hydrogen-bond donors (Lipinski definition) is 2. The van der Waals surface area contributed by atoms with Crippen molar-refractivity contribution in [3.8, 4) is 11.5 Å². The number of nitrogen functional groups attached to an aromatic ring is 1. The minimum Gasteiger partial charge on any atom is -0.335 e. The Morgan fingerprint density at radius 3 is 2.88 bits per heavy atom. The Kier molecular flexibility index (Phi) is 2.78. The molecule has 16 heavy (non-hydrogen) atoms. The second kappa shape index (κ2) is 4.09. The number of nitrogens with two attached hydrogens (primary N) is 1. The van der Waals surface area contributed by atoms with Gasteiger partial charge in [0.05, 0.1) is 0 Å². The van der Waals surface area contributed by atoms with Gasteiger partial charge in [0.2, 0.25) is 10.6 Å². The van der Waals surface area contributed by atoms with Gasteiger partial charge in [-0.15, -0.1) is 0 Å². The van der Waals surface area contributed by atoms with Gasteiger partial charge in [-0.1, -0.05) is 13.8 Å². The van der Waals surface area contributed by atoms with Crippen molar-refractivity contribution < 1.29 is 0 Å². The number of nitrogens with zero attached hydrogens (tertiary/aromatic N) is 4. The fourth-order valence-corrected chi connectivity index (χ4v) is 1.57. The molecule has 0 radical (unpaired) electrons. The Morgan fingerprint density at radius 1 is 1.56 bits per heavy atom. The van der Waals surface area contributed by atoms with Crippen LogP contribution in [0.4, 0.5) is 0 Å². The molecule has 7 heteroatoms. The van der Waals surface area contributed by atoms with Crippen LogP contribution >= 0.6 is 12.2 Å². The lowest BCUT2D eigenvalue weighted by molar-refractivity contribution is 0.484. The van der Waals surface area contributed by atoms with E-state index in [1.807, 2.05) is 16.9 Å². The summed E-state index contributed by atoms with van der Waals surface area (Å²) in [5, 5.41) is 11.0. The summed E-state index contributed by atoms with van der Waals surface area (Å²) in [6, 6.07) is 1.87. The lowest BCUT2D eigenvalue weighted by atomic mass is 10.2. The van der Waals surface area contributed by atoms with Crippen molar-refractivity contribution in [3.63, 3.8) is 0 Å². The zero-order valence-corrected chi connectivity index (χ0v) is 10.0. The highest BCUT2D eigenvalue weighted by Crippen LogP contribution is 2.12. The zero-order valence-electron chi connectivity index (χ0n) is 9.21.